The summed E-state index contributed by atoms with van der Waals surface area (Å²) in [5.74, 6) is 0.338. The summed E-state index contributed by atoms with van der Waals surface area (Å²) in [5.41, 5.74) is 1.16. The Bertz CT molecular complexity index is 673. The second-order valence-corrected chi connectivity index (χ2v) is 8.82. The third kappa shape index (κ3) is 6.77. The van der Waals surface area contributed by atoms with Crippen molar-refractivity contribution in [1.29, 1.82) is 0 Å². The van der Waals surface area contributed by atoms with Crippen molar-refractivity contribution in [3.8, 4) is 0 Å². The number of nitrogens with one attached hydrogen (secondary N) is 1. The number of amides is 2. The van der Waals surface area contributed by atoms with Gasteiger partial charge < -0.3 is 10.2 Å². The molecule has 1 N–H and O–H groups in total. The maximum Gasteiger partial charge on any atom is 0.225 e. The van der Waals surface area contributed by atoms with Crippen molar-refractivity contribution in [2.24, 2.45) is 5.92 Å². The molecule has 0 aliphatic carbocycles. The van der Waals surface area contributed by atoms with Gasteiger partial charge in [0.1, 0.15) is 0 Å². The van der Waals surface area contributed by atoms with Gasteiger partial charge in [-0.2, -0.15) is 0 Å². The predicted octanol–water partition coefficient (Wildman–Crippen LogP) is 1.74. The lowest BCUT2D eigenvalue weighted by Gasteiger charge is -2.38. The van der Waals surface area contributed by atoms with Crippen LogP contribution < -0.4 is 5.32 Å². The minimum Gasteiger partial charge on any atom is -0.356 e. The maximum atomic E-state index is 13.2. The smallest absolute Gasteiger partial charge is 0.225 e. The highest BCUT2D eigenvalue weighted by molar-refractivity contribution is 5.79. The van der Waals surface area contributed by atoms with Crippen molar-refractivity contribution in [2.45, 2.75) is 52.1 Å². The molecule has 2 fully saturated rings. The second kappa shape index (κ2) is 11.4. The summed E-state index contributed by atoms with van der Waals surface area (Å²) in [5, 5.41) is 3.02. The van der Waals surface area contributed by atoms with E-state index < -0.39 is 0 Å². The highest BCUT2D eigenvalue weighted by atomic mass is 16.2. The Hall–Kier alpha value is -1.99. The maximum absolute atomic E-state index is 13.2. The molecule has 2 aliphatic rings. The predicted molar refractivity (Wildman–Crippen MR) is 118 cm³/mol. The van der Waals surface area contributed by atoms with Gasteiger partial charge in [0.2, 0.25) is 11.8 Å². The molecule has 3 rings (SSSR count). The highest BCUT2D eigenvalue weighted by Gasteiger charge is 2.28. The van der Waals surface area contributed by atoms with E-state index in [-0.39, 0.29) is 17.7 Å². The number of carbonyl (C=O) groups excluding carboxylic acids is 2. The molecular weight excluding hydrogens is 378 g/mol. The van der Waals surface area contributed by atoms with E-state index in [1.807, 2.05) is 17.2 Å². The molecule has 1 aromatic heterocycles. The molecule has 1 aromatic rings. The number of nitrogens with zero attached hydrogens (tertiary/aromatic N) is 4. The third-order valence-electron chi connectivity index (χ3n) is 6.33. The van der Waals surface area contributed by atoms with Crippen LogP contribution in [0.15, 0.2) is 24.5 Å². The number of piperazine rings is 1. The van der Waals surface area contributed by atoms with Gasteiger partial charge in [-0.1, -0.05) is 6.07 Å². The first-order valence-corrected chi connectivity index (χ1v) is 11.4. The van der Waals surface area contributed by atoms with Gasteiger partial charge in [-0.05, 0) is 51.3 Å². The van der Waals surface area contributed by atoms with Crippen molar-refractivity contribution in [3.63, 3.8) is 0 Å². The van der Waals surface area contributed by atoms with E-state index in [9.17, 15) is 9.59 Å². The Morgan fingerprint density at radius 1 is 1.17 bits per heavy atom. The SMILES string of the molecule is CC(C)N1CCN(C(=O)C2CCCN(Cc3cccnc3)CCC(=O)NCC2)CC1. The van der Waals surface area contributed by atoms with Crippen LogP contribution in [0, 0.1) is 5.92 Å². The van der Waals surface area contributed by atoms with E-state index in [2.05, 4.69) is 40.0 Å². The van der Waals surface area contributed by atoms with Crippen LogP contribution >= 0.6 is 0 Å². The number of pyridine rings is 1. The summed E-state index contributed by atoms with van der Waals surface area (Å²) in [4.78, 5) is 36.4. The minimum absolute atomic E-state index is 0.00533. The lowest BCUT2D eigenvalue weighted by molar-refractivity contribution is -0.138. The lowest BCUT2D eigenvalue weighted by Crippen LogP contribution is -2.52. The highest BCUT2D eigenvalue weighted by Crippen LogP contribution is 2.19. The number of rotatable bonds is 4. The summed E-state index contributed by atoms with van der Waals surface area (Å²) in [6.07, 6.45) is 6.74. The molecule has 0 bridgehead atoms. The number of carbonyl (C=O) groups is 2. The molecule has 7 heteroatoms. The van der Waals surface area contributed by atoms with Crippen LogP contribution in [0.1, 0.15) is 45.1 Å². The zero-order chi connectivity index (χ0) is 21.3. The third-order valence-corrected chi connectivity index (χ3v) is 6.33. The van der Waals surface area contributed by atoms with Crippen molar-refractivity contribution >= 4 is 11.8 Å². The molecular formula is C23H37N5O2. The normalized spacial score (nSPS) is 23.1. The molecule has 3 heterocycles. The second-order valence-electron chi connectivity index (χ2n) is 8.82. The van der Waals surface area contributed by atoms with Crippen LogP contribution in [0.3, 0.4) is 0 Å². The Morgan fingerprint density at radius 2 is 1.97 bits per heavy atom. The quantitative estimate of drug-likeness (QED) is 0.811. The molecule has 1 unspecified atom stereocenters. The van der Waals surface area contributed by atoms with E-state index in [0.717, 1.165) is 70.6 Å². The molecule has 30 heavy (non-hydrogen) atoms. The summed E-state index contributed by atoms with van der Waals surface area (Å²) in [6, 6.07) is 4.55. The lowest BCUT2D eigenvalue weighted by atomic mass is 9.96. The van der Waals surface area contributed by atoms with Crippen molar-refractivity contribution in [3.05, 3.63) is 30.1 Å². The van der Waals surface area contributed by atoms with Gasteiger partial charge >= 0.3 is 0 Å². The van der Waals surface area contributed by atoms with Crippen LogP contribution in [-0.2, 0) is 16.1 Å². The van der Waals surface area contributed by atoms with Crippen LogP contribution in [0.5, 0.6) is 0 Å². The summed E-state index contributed by atoms with van der Waals surface area (Å²) in [6.45, 7) is 10.9. The van der Waals surface area contributed by atoms with Crippen LogP contribution in [-0.4, -0.2) is 83.4 Å². The molecule has 0 aromatic carbocycles. The molecule has 166 valence electrons. The van der Waals surface area contributed by atoms with Gasteiger partial charge in [0.05, 0.1) is 0 Å². The molecule has 7 nitrogen and oxygen atoms in total. The van der Waals surface area contributed by atoms with E-state index in [0.29, 0.717) is 19.0 Å². The molecule has 0 radical (unpaired) electrons. The summed E-state index contributed by atoms with van der Waals surface area (Å²) >= 11 is 0. The summed E-state index contributed by atoms with van der Waals surface area (Å²) in [7, 11) is 0. The first-order valence-electron chi connectivity index (χ1n) is 11.4. The first-order chi connectivity index (χ1) is 14.5. The van der Waals surface area contributed by atoms with Crippen molar-refractivity contribution < 1.29 is 9.59 Å². The van der Waals surface area contributed by atoms with Crippen LogP contribution in [0.4, 0.5) is 0 Å². The zero-order valence-electron chi connectivity index (χ0n) is 18.6. The molecule has 0 saturated carbocycles. The topological polar surface area (TPSA) is 68.8 Å². The first kappa shape index (κ1) is 22.7. The summed E-state index contributed by atoms with van der Waals surface area (Å²) < 4.78 is 0. The Kier molecular flexibility index (Phi) is 8.63. The minimum atomic E-state index is -0.00533. The molecule has 2 aliphatic heterocycles. The van der Waals surface area contributed by atoms with Gasteiger partial charge in [-0.3, -0.25) is 24.4 Å². The standard InChI is InChI=1S/C23H37N5O2/c1-19(2)27-13-15-28(16-14-27)23(30)21-6-4-11-26(12-8-22(29)25-10-7-21)18-20-5-3-9-24-17-20/h3,5,9,17,19,21H,4,6-8,10-16,18H2,1-2H3,(H,25,29). The average Bonchev–Trinajstić information content (AvgIpc) is 2.80. The molecule has 2 amide bonds. The van der Waals surface area contributed by atoms with Gasteiger partial charge in [-0.25, -0.2) is 0 Å². The fourth-order valence-corrected chi connectivity index (χ4v) is 4.42. The molecule has 0 spiro atoms. The average molecular weight is 416 g/mol. The van der Waals surface area contributed by atoms with Crippen molar-refractivity contribution in [2.75, 3.05) is 45.8 Å². The monoisotopic (exact) mass is 415 g/mol. The molecule has 2 saturated heterocycles. The van der Waals surface area contributed by atoms with Gasteiger partial charge in [0.15, 0.2) is 0 Å². The zero-order valence-corrected chi connectivity index (χ0v) is 18.6. The van der Waals surface area contributed by atoms with Crippen LogP contribution in [0.25, 0.3) is 0 Å². The Labute approximate surface area is 180 Å². The van der Waals surface area contributed by atoms with Gasteiger partial charge in [-0.15, -0.1) is 0 Å². The number of hydrogen-bond acceptors (Lipinski definition) is 5. The van der Waals surface area contributed by atoms with E-state index in [1.54, 1.807) is 6.20 Å². The molecule has 1 atom stereocenters. The van der Waals surface area contributed by atoms with E-state index in [1.165, 1.54) is 0 Å². The van der Waals surface area contributed by atoms with Gasteiger partial charge in [0, 0.05) is 76.6 Å². The van der Waals surface area contributed by atoms with Gasteiger partial charge in [0.25, 0.3) is 0 Å². The van der Waals surface area contributed by atoms with E-state index in [4.69, 9.17) is 0 Å². The largest absolute Gasteiger partial charge is 0.356 e. The van der Waals surface area contributed by atoms with E-state index >= 15 is 0 Å². The Balaban J connectivity index is 1.57. The number of hydrogen-bond donors (Lipinski definition) is 1. The Morgan fingerprint density at radius 3 is 2.67 bits per heavy atom. The van der Waals surface area contributed by atoms with Crippen LogP contribution in [0.2, 0.25) is 0 Å². The van der Waals surface area contributed by atoms with Crippen molar-refractivity contribution in [1.82, 2.24) is 25.0 Å². The fraction of sp³-hybridized carbons (Fsp3) is 0.696. The fourth-order valence-electron chi connectivity index (χ4n) is 4.42. The number of aromatic nitrogens is 1.